The Labute approximate surface area is 145 Å². The molecule has 0 unspecified atom stereocenters. The molecule has 0 N–H and O–H groups in total. The Morgan fingerprint density at radius 2 is 1.71 bits per heavy atom. The quantitative estimate of drug-likeness (QED) is 0.537. The molecule has 24 heavy (non-hydrogen) atoms. The SMILES string of the molecule is Fc1ccc(COc2ccc(Cl)cc2C=Nc2ccccc2)cc1. The summed E-state index contributed by atoms with van der Waals surface area (Å²) < 4.78 is 18.8. The summed E-state index contributed by atoms with van der Waals surface area (Å²) in [6.45, 7) is 0.341. The van der Waals surface area contributed by atoms with Crippen molar-refractivity contribution in [1.29, 1.82) is 0 Å². The van der Waals surface area contributed by atoms with Crippen LogP contribution in [-0.2, 0) is 6.61 Å². The van der Waals surface area contributed by atoms with Gasteiger partial charge in [-0.2, -0.15) is 0 Å². The lowest BCUT2D eigenvalue weighted by molar-refractivity contribution is 0.305. The highest BCUT2D eigenvalue weighted by Crippen LogP contribution is 2.23. The Morgan fingerprint density at radius 3 is 2.46 bits per heavy atom. The Hall–Kier alpha value is -2.65. The summed E-state index contributed by atoms with van der Waals surface area (Å²) in [4.78, 5) is 4.43. The highest BCUT2D eigenvalue weighted by Gasteiger charge is 2.04. The molecule has 0 radical (unpaired) electrons. The van der Waals surface area contributed by atoms with Gasteiger partial charge < -0.3 is 4.74 Å². The first-order chi connectivity index (χ1) is 11.7. The summed E-state index contributed by atoms with van der Waals surface area (Å²) in [7, 11) is 0. The highest BCUT2D eigenvalue weighted by atomic mass is 35.5. The standard InChI is InChI=1S/C20H15ClFNO/c21-17-8-11-20(24-14-15-6-9-18(22)10-7-15)16(12-17)13-23-19-4-2-1-3-5-19/h1-13H,14H2. The minimum Gasteiger partial charge on any atom is -0.488 e. The van der Waals surface area contributed by atoms with Crippen LogP contribution in [0.1, 0.15) is 11.1 Å². The molecule has 0 spiro atoms. The molecule has 0 aliphatic carbocycles. The van der Waals surface area contributed by atoms with Crippen LogP contribution in [0, 0.1) is 5.82 Å². The van der Waals surface area contributed by atoms with Crippen molar-refractivity contribution < 1.29 is 9.13 Å². The second-order valence-electron chi connectivity index (χ2n) is 5.19. The molecule has 0 saturated heterocycles. The molecular weight excluding hydrogens is 325 g/mol. The van der Waals surface area contributed by atoms with Gasteiger partial charge in [-0.25, -0.2) is 4.39 Å². The first-order valence-electron chi connectivity index (χ1n) is 7.46. The molecule has 0 bridgehead atoms. The second-order valence-corrected chi connectivity index (χ2v) is 5.63. The van der Waals surface area contributed by atoms with E-state index in [4.69, 9.17) is 16.3 Å². The van der Waals surface area contributed by atoms with Crippen LogP contribution in [0.15, 0.2) is 77.8 Å². The van der Waals surface area contributed by atoms with Crippen molar-refractivity contribution in [3.05, 3.63) is 94.8 Å². The topological polar surface area (TPSA) is 21.6 Å². The normalized spacial score (nSPS) is 10.9. The average Bonchev–Trinajstić information content (AvgIpc) is 2.61. The van der Waals surface area contributed by atoms with Crippen LogP contribution in [-0.4, -0.2) is 6.21 Å². The number of ether oxygens (including phenoxy) is 1. The van der Waals surface area contributed by atoms with Gasteiger partial charge in [-0.15, -0.1) is 0 Å². The van der Waals surface area contributed by atoms with Crippen molar-refractivity contribution in [3.63, 3.8) is 0 Å². The molecule has 0 heterocycles. The third-order valence-electron chi connectivity index (χ3n) is 3.39. The van der Waals surface area contributed by atoms with Gasteiger partial charge in [-0.1, -0.05) is 41.9 Å². The van der Waals surface area contributed by atoms with Crippen molar-refractivity contribution >= 4 is 23.5 Å². The minimum absolute atomic E-state index is 0.263. The second kappa shape index (κ2) is 7.75. The van der Waals surface area contributed by atoms with Crippen LogP contribution in [0.4, 0.5) is 10.1 Å². The van der Waals surface area contributed by atoms with E-state index >= 15 is 0 Å². The summed E-state index contributed by atoms with van der Waals surface area (Å²) >= 11 is 6.07. The zero-order valence-corrected chi connectivity index (χ0v) is 13.6. The fourth-order valence-electron chi connectivity index (χ4n) is 2.15. The van der Waals surface area contributed by atoms with Crippen LogP contribution in [0.2, 0.25) is 5.02 Å². The summed E-state index contributed by atoms with van der Waals surface area (Å²) in [6.07, 6.45) is 1.72. The third kappa shape index (κ3) is 4.43. The first kappa shape index (κ1) is 16.2. The van der Waals surface area contributed by atoms with Gasteiger partial charge in [0.2, 0.25) is 0 Å². The Bertz CT molecular complexity index is 832. The minimum atomic E-state index is -0.263. The molecule has 3 aromatic carbocycles. The molecule has 0 saturated carbocycles. The van der Waals surface area contributed by atoms with Gasteiger partial charge in [0.1, 0.15) is 18.2 Å². The number of halogens is 2. The van der Waals surface area contributed by atoms with Gasteiger partial charge in [-0.3, -0.25) is 4.99 Å². The molecule has 0 aliphatic rings. The Morgan fingerprint density at radius 1 is 0.958 bits per heavy atom. The number of benzene rings is 3. The van der Waals surface area contributed by atoms with E-state index in [0.717, 1.165) is 16.8 Å². The molecule has 0 fully saturated rings. The molecule has 3 aromatic rings. The predicted molar refractivity (Wildman–Crippen MR) is 95.9 cm³/mol. The van der Waals surface area contributed by atoms with Gasteiger partial charge in [0.05, 0.1) is 5.69 Å². The van der Waals surface area contributed by atoms with Gasteiger partial charge in [0.15, 0.2) is 0 Å². The summed E-state index contributed by atoms with van der Waals surface area (Å²) in [5.41, 5.74) is 2.52. The van der Waals surface area contributed by atoms with E-state index in [1.807, 2.05) is 30.3 Å². The van der Waals surface area contributed by atoms with Gasteiger partial charge in [0, 0.05) is 16.8 Å². The maximum absolute atomic E-state index is 12.9. The summed E-state index contributed by atoms with van der Waals surface area (Å²) in [5.74, 6) is 0.407. The lowest BCUT2D eigenvalue weighted by Crippen LogP contribution is -1.98. The van der Waals surface area contributed by atoms with Gasteiger partial charge in [-0.05, 0) is 48.0 Å². The van der Waals surface area contributed by atoms with Crippen molar-refractivity contribution in [1.82, 2.24) is 0 Å². The number of para-hydroxylation sites is 1. The Balaban J connectivity index is 1.77. The van der Waals surface area contributed by atoms with E-state index in [1.54, 1.807) is 36.5 Å². The van der Waals surface area contributed by atoms with Crippen molar-refractivity contribution in [3.8, 4) is 5.75 Å². The fourth-order valence-corrected chi connectivity index (χ4v) is 2.33. The molecule has 4 heteroatoms. The molecule has 2 nitrogen and oxygen atoms in total. The number of hydrogen-bond acceptors (Lipinski definition) is 2. The van der Waals surface area contributed by atoms with Crippen LogP contribution in [0.5, 0.6) is 5.75 Å². The molecular formula is C20H15ClFNO. The summed E-state index contributed by atoms with van der Waals surface area (Å²) in [5, 5.41) is 0.610. The Kier molecular flexibility index (Phi) is 5.24. The molecule has 0 atom stereocenters. The van der Waals surface area contributed by atoms with E-state index in [9.17, 15) is 4.39 Å². The number of rotatable bonds is 5. The zero-order chi connectivity index (χ0) is 16.8. The van der Waals surface area contributed by atoms with E-state index < -0.39 is 0 Å². The highest BCUT2D eigenvalue weighted by molar-refractivity contribution is 6.30. The van der Waals surface area contributed by atoms with Crippen LogP contribution in [0.3, 0.4) is 0 Å². The molecule has 120 valence electrons. The van der Waals surface area contributed by atoms with Crippen molar-refractivity contribution in [2.75, 3.05) is 0 Å². The molecule has 3 rings (SSSR count). The van der Waals surface area contributed by atoms with Crippen molar-refractivity contribution in [2.24, 2.45) is 4.99 Å². The lowest BCUT2D eigenvalue weighted by atomic mass is 10.2. The largest absolute Gasteiger partial charge is 0.488 e. The maximum atomic E-state index is 12.9. The van der Waals surface area contributed by atoms with Gasteiger partial charge >= 0.3 is 0 Å². The number of hydrogen-bond donors (Lipinski definition) is 0. The molecule has 0 aromatic heterocycles. The first-order valence-corrected chi connectivity index (χ1v) is 7.84. The predicted octanol–water partition coefficient (Wildman–Crippen LogP) is 5.81. The van der Waals surface area contributed by atoms with Crippen LogP contribution >= 0.6 is 11.6 Å². The summed E-state index contributed by atoms with van der Waals surface area (Å²) in [6, 6.07) is 21.2. The van der Waals surface area contributed by atoms with E-state index in [2.05, 4.69) is 4.99 Å². The van der Waals surface area contributed by atoms with E-state index in [0.29, 0.717) is 17.4 Å². The number of nitrogens with zero attached hydrogens (tertiary/aromatic N) is 1. The van der Waals surface area contributed by atoms with Crippen LogP contribution in [0.25, 0.3) is 0 Å². The van der Waals surface area contributed by atoms with Gasteiger partial charge in [0.25, 0.3) is 0 Å². The smallest absolute Gasteiger partial charge is 0.128 e. The fraction of sp³-hybridized carbons (Fsp3) is 0.0500. The molecule has 0 aliphatic heterocycles. The number of aliphatic imine (C=N–C) groups is 1. The zero-order valence-electron chi connectivity index (χ0n) is 12.8. The van der Waals surface area contributed by atoms with Crippen molar-refractivity contribution in [2.45, 2.75) is 6.61 Å². The average molecular weight is 340 g/mol. The maximum Gasteiger partial charge on any atom is 0.128 e. The van der Waals surface area contributed by atoms with E-state index in [-0.39, 0.29) is 5.82 Å². The van der Waals surface area contributed by atoms with E-state index in [1.165, 1.54) is 12.1 Å². The molecule has 0 amide bonds. The monoisotopic (exact) mass is 339 g/mol. The van der Waals surface area contributed by atoms with Crippen LogP contribution < -0.4 is 4.74 Å². The third-order valence-corrected chi connectivity index (χ3v) is 3.62. The lowest BCUT2D eigenvalue weighted by Gasteiger charge is -2.09.